The summed E-state index contributed by atoms with van der Waals surface area (Å²) >= 11 is 5.94. The summed E-state index contributed by atoms with van der Waals surface area (Å²) in [6.45, 7) is -0.405. The zero-order chi connectivity index (χ0) is 23.1. The van der Waals surface area contributed by atoms with Gasteiger partial charge >= 0.3 is 0 Å². The molecule has 0 aliphatic carbocycles. The van der Waals surface area contributed by atoms with Crippen LogP contribution >= 0.6 is 11.6 Å². The molecule has 0 aromatic heterocycles. The van der Waals surface area contributed by atoms with Crippen LogP contribution in [0.25, 0.3) is 0 Å². The van der Waals surface area contributed by atoms with Crippen LogP contribution in [0, 0.1) is 0 Å². The van der Waals surface area contributed by atoms with Crippen LogP contribution in [0.3, 0.4) is 0 Å². The molecule has 7 nitrogen and oxygen atoms in total. The van der Waals surface area contributed by atoms with Gasteiger partial charge in [0.25, 0.3) is 0 Å². The molecule has 3 aromatic rings. The molecule has 0 fully saturated rings. The number of methoxy groups -OCH3 is 2. The molecule has 0 unspecified atom stereocenters. The lowest BCUT2D eigenvalue weighted by Gasteiger charge is -2.22. The lowest BCUT2D eigenvalue weighted by atomic mass is 10.2. The molecule has 9 heteroatoms. The van der Waals surface area contributed by atoms with E-state index >= 15 is 0 Å². The number of carbonyl (C=O) groups is 1. The van der Waals surface area contributed by atoms with Crippen LogP contribution in [0.15, 0.2) is 77.7 Å². The summed E-state index contributed by atoms with van der Waals surface area (Å²) in [6, 6.07) is 19.7. The lowest BCUT2D eigenvalue weighted by molar-refractivity contribution is -0.116. The Balaban J connectivity index is 1.88. The van der Waals surface area contributed by atoms with Gasteiger partial charge in [0, 0.05) is 17.6 Å². The highest BCUT2D eigenvalue weighted by molar-refractivity contribution is 7.89. The van der Waals surface area contributed by atoms with Crippen LogP contribution in [-0.4, -0.2) is 39.4 Å². The van der Waals surface area contributed by atoms with Crippen molar-refractivity contribution < 1.29 is 22.7 Å². The Kier molecular flexibility index (Phi) is 7.74. The Labute approximate surface area is 192 Å². The summed E-state index contributed by atoms with van der Waals surface area (Å²) < 4.78 is 38.2. The lowest BCUT2D eigenvalue weighted by Crippen LogP contribution is -2.37. The van der Waals surface area contributed by atoms with Gasteiger partial charge in [0.1, 0.15) is 11.5 Å². The maximum absolute atomic E-state index is 13.3. The molecule has 0 heterocycles. The SMILES string of the molecule is COc1ccc(OC)c(NC(=O)CN(Cc2ccc(Cl)cc2)S(=O)(=O)c2ccccc2)c1. The first-order chi connectivity index (χ1) is 15.3. The molecule has 0 aliphatic heterocycles. The van der Waals surface area contributed by atoms with E-state index < -0.39 is 22.5 Å². The van der Waals surface area contributed by atoms with Crippen molar-refractivity contribution in [2.75, 3.05) is 26.1 Å². The van der Waals surface area contributed by atoms with Crippen molar-refractivity contribution in [1.82, 2.24) is 4.31 Å². The van der Waals surface area contributed by atoms with Crippen LogP contribution < -0.4 is 14.8 Å². The average molecular weight is 475 g/mol. The molecule has 1 amide bonds. The first-order valence-corrected chi connectivity index (χ1v) is 11.5. The van der Waals surface area contributed by atoms with Gasteiger partial charge in [0.05, 0.1) is 31.3 Å². The van der Waals surface area contributed by atoms with E-state index in [9.17, 15) is 13.2 Å². The second-order valence-corrected chi connectivity index (χ2v) is 9.20. The predicted molar refractivity (Wildman–Crippen MR) is 124 cm³/mol. The Morgan fingerprint density at radius 1 is 0.969 bits per heavy atom. The largest absolute Gasteiger partial charge is 0.497 e. The van der Waals surface area contributed by atoms with Gasteiger partial charge < -0.3 is 14.8 Å². The molecule has 0 saturated carbocycles. The van der Waals surface area contributed by atoms with Crippen molar-refractivity contribution in [2.24, 2.45) is 0 Å². The molecule has 1 N–H and O–H groups in total. The summed E-state index contributed by atoms with van der Waals surface area (Å²) in [4.78, 5) is 13.0. The number of sulfonamides is 1. The molecule has 0 spiro atoms. The number of rotatable bonds is 9. The number of amides is 1. The highest BCUT2D eigenvalue weighted by Crippen LogP contribution is 2.29. The molecule has 3 rings (SSSR count). The van der Waals surface area contributed by atoms with Crippen LogP contribution in [0.4, 0.5) is 5.69 Å². The summed E-state index contributed by atoms with van der Waals surface area (Å²) in [5, 5.41) is 3.25. The number of ether oxygens (including phenoxy) is 2. The van der Waals surface area contributed by atoms with Crippen LogP contribution in [0.1, 0.15) is 5.56 Å². The number of benzene rings is 3. The Hall–Kier alpha value is -3.07. The average Bonchev–Trinajstić information content (AvgIpc) is 2.80. The van der Waals surface area contributed by atoms with Crippen molar-refractivity contribution in [3.8, 4) is 11.5 Å². The maximum Gasteiger partial charge on any atom is 0.243 e. The first kappa shape index (κ1) is 23.6. The molecule has 168 valence electrons. The number of halogens is 1. The second-order valence-electron chi connectivity index (χ2n) is 6.83. The van der Waals surface area contributed by atoms with Gasteiger partial charge in [-0.2, -0.15) is 4.31 Å². The summed E-state index contributed by atoms with van der Waals surface area (Å²) in [7, 11) is -0.958. The first-order valence-electron chi connectivity index (χ1n) is 9.65. The van der Waals surface area contributed by atoms with E-state index in [0.717, 1.165) is 4.31 Å². The zero-order valence-corrected chi connectivity index (χ0v) is 19.2. The van der Waals surface area contributed by atoms with Crippen molar-refractivity contribution in [2.45, 2.75) is 11.4 Å². The second kappa shape index (κ2) is 10.5. The Morgan fingerprint density at radius 2 is 1.66 bits per heavy atom. The number of carbonyl (C=O) groups excluding carboxylic acids is 1. The minimum atomic E-state index is -3.94. The minimum Gasteiger partial charge on any atom is -0.497 e. The molecule has 0 radical (unpaired) electrons. The molecular formula is C23H23ClN2O5S. The molecule has 3 aromatic carbocycles. The highest BCUT2D eigenvalue weighted by Gasteiger charge is 2.27. The summed E-state index contributed by atoms with van der Waals surface area (Å²) in [6.07, 6.45) is 0. The maximum atomic E-state index is 13.3. The molecule has 0 saturated heterocycles. The minimum absolute atomic E-state index is 0.00291. The fraction of sp³-hybridized carbons (Fsp3) is 0.174. The van der Waals surface area contributed by atoms with E-state index in [-0.39, 0.29) is 11.4 Å². The molecular weight excluding hydrogens is 452 g/mol. The van der Waals surface area contributed by atoms with E-state index in [1.165, 1.54) is 26.4 Å². The molecule has 32 heavy (non-hydrogen) atoms. The fourth-order valence-electron chi connectivity index (χ4n) is 3.02. The molecule has 0 aliphatic rings. The monoisotopic (exact) mass is 474 g/mol. The topological polar surface area (TPSA) is 84.9 Å². The van der Waals surface area contributed by atoms with Gasteiger partial charge in [0.2, 0.25) is 15.9 Å². The molecule has 0 atom stereocenters. The van der Waals surface area contributed by atoms with Gasteiger partial charge in [0.15, 0.2) is 0 Å². The zero-order valence-electron chi connectivity index (χ0n) is 17.6. The van der Waals surface area contributed by atoms with Crippen LogP contribution in [0.2, 0.25) is 5.02 Å². The number of hydrogen-bond acceptors (Lipinski definition) is 5. The number of nitrogens with one attached hydrogen (secondary N) is 1. The van der Waals surface area contributed by atoms with E-state index in [0.29, 0.717) is 27.8 Å². The Morgan fingerprint density at radius 3 is 2.28 bits per heavy atom. The van der Waals surface area contributed by atoms with Gasteiger partial charge in [-0.25, -0.2) is 8.42 Å². The normalized spacial score (nSPS) is 11.2. The predicted octanol–water partition coefficient (Wildman–Crippen LogP) is 4.19. The summed E-state index contributed by atoms with van der Waals surface area (Å²) in [5.41, 5.74) is 1.07. The highest BCUT2D eigenvalue weighted by atomic mass is 35.5. The van der Waals surface area contributed by atoms with Crippen molar-refractivity contribution in [1.29, 1.82) is 0 Å². The van der Waals surface area contributed by atoms with E-state index in [1.54, 1.807) is 60.7 Å². The van der Waals surface area contributed by atoms with Crippen molar-refractivity contribution in [3.05, 3.63) is 83.4 Å². The Bertz CT molecular complexity index is 1170. The number of anilines is 1. The smallest absolute Gasteiger partial charge is 0.243 e. The van der Waals surface area contributed by atoms with Gasteiger partial charge in [-0.3, -0.25) is 4.79 Å². The standard InChI is InChI=1S/C23H23ClN2O5S/c1-30-19-12-13-22(31-2)21(14-19)25-23(27)16-26(15-17-8-10-18(24)11-9-17)32(28,29)20-6-4-3-5-7-20/h3-14H,15-16H2,1-2H3,(H,25,27). The number of hydrogen-bond donors (Lipinski definition) is 1. The van der Waals surface area contributed by atoms with Crippen LogP contribution in [0.5, 0.6) is 11.5 Å². The van der Waals surface area contributed by atoms with E-state index in [1.807, 2.05) is 0 Å². The van der Waals surface area contributed by atoms with Crippen molar-refractivity contribution >= 4 is 33.2 Å². The third kappa shape index (κ3) is 5.79. The summed E-state index contributed by atoms with van der Waals surface area (Å²) in [5.74, 6) is 0.426. The van der Waals surface area contributed by atoms with Crippen LogP contribution in [-0.2, 0) is 21.4 Å². The van der Waals surface area contributed by atoms with E-state index in [4.69, 9.17) is 21.1 Å². The van der Waals surface area contributed by atoms with E-state index in [2.05, 4.69) is 5.32 Å². The number of nitrogens with zero attached hydrogens (tertiary/aromatic N) is 1. The molecule has 0 bridgehead atoms. The third-order valence-corrected chi connectivity index (χ3v) is 6.71. The fourth-order valence-corrected chi connectivity index (χ4v) is 4.55. The van der Waals surface area contributed by atoms with Crippen molar-refractivity contribution in [3.63, 3.8) is 0 Å². The quantitative estimate of drug-likeness (QED) is 0.502. The third-order valence-electron chi connectivity index (χ3n) is 4.65. The van der Waals surface area contributed by atoms with Gasteiger partial charge in [-0.1, -0.05) is 41.9 Å². The van der Waals surface area contributed by atoms with Gasteiger partial charge in [-0.05, 0) is 42.0 Å². The van der Waals surface area contributed by atoms with Gasteiger partial charge in [-0.15, -0.1) is 0 Å².